The Hall–Kier alpha value is -3.82. The van der Waals surface area contributed by atoms with Crippen LogP contribution in [0.4, 0.5) is 23.7 Å². The summed E-state index contributed by atoms with van der Waals surface area (Å²) in [7, 11) is 1.51. The number of aromatic nitrogens is 1. The Morgan fingerprint density at radius 1 is 1.31 bits per heavy atom. The van der Waals surface area contributed by atoms with Crippen LogP contribution < -0.4 is 10.1 Å². The van der Waals surface area contributed by atoms with E-state index < -0.39 is 41.9 Å². The van der Waals surface area contributed by atoms with Crippen molar-refractivity contribution in [3.63, 3.8) is 0 Å². The Bertz CT molecular complexity index is 1240. The van der Waals surface area contributed by atoms with Gasteiger partial charge in [-0.05, 0) is 44.2 Å². The molecule has 39 heavy (non-hydrogen) atoms. The summed E-state index contributed by atoms with van der Waals surface area (Å²) in [6.45, 7) is 5.05. The van der Waals surface area contributed by atoms with E-state index in [1.54, 1.807) is 6.92 Å². The van der Waals surface area contributed by atoms with E-state index >= 15 is 0 Å². The summed E-state index contributed by atoms with van der Waals surface area (Å²) in [5.41, 5.74) is -0.117. The normalized spacial score (nSPS) is 18.9. The predicted molar refractivity (Wildman–Crippen MR) is 137 cm³/mol. The number of hydrogen-bond acceptors (Lipinski definition) is 6. The minimum absolute atomic E-state index is 0.0332. The van der Waals surface area contributed by atoms with Gasteiger partial charge in [-0.2, -0.15) is 13.2 Å². The van der Waals surface area contributed by atoms with Crippen molar-refractivity contribution in [3.05, 3.63) is 53.2 Å². The van der Waals surface area contributed by atoms with E-state index in [-0.39, 0.29) is 42.7 Å². The van der Waals surface area contributed by atoms with E-state index in [0.717, 1.165) is 12.1 Å². The summed E-state index contributed by atoms with van der Waals surface area (Å²) in [5.74, 6) is 4.68. The lowest BCUT2D eigenvalue weighted by Gasteiger charge is -2.37. The SMILES string of the molecule is C[C@@H](O)C#Cc1cnc2c(c1)C(=O)N([C@@H](C)CO)C[C@H](C)[C@@H](CN(C)C(=O)Nc1ccc(C(F)(F)F)cc1)O2. The molecule has 2 aromatic rings. The third-order valence-corrected chi connectivity index (χ3v) is 6.21. The lowest BCUT2D eigenvalue weighted by Crippen LogP contribution is -2.50. The summed E-state index contributed by atoms with van der Waals surface area (Å²) < 4.78 is 44.6. The van der Waals surface area contributed by atoms with E-state index in [0.29, 0.717) is 5.56 Å². The first-order chi connectivity index (χ1) is 18.3. The average Bonchev–Trinajstić information content (AvgIpc) is 2.88. The van der Waals surface area contributed by atoms with Crippen LogP contribution in [0.15, 0.2) is 36.5 Å². The minimum atomic E-state index is -4.48. The Balaban J connectivity index is 1.84. The molecule has 3 amide bonds. The molecule has 3 N–H and O–H groups in total. The second-order valence-corrected chi connectivity index (χ2v) is 9.53. The average molecular weight is 549 g/mol. The second-order valence-electron chi connectivity index (χ2n) is 9.53. The monoisotopic (exact) mass is 548 g/mol. The molecule has 0 unspecified atom stereocenters. The van der Waals surface area contributed by atoms with Gasteiger partial charge in [0.15, 0.2) is 0 Å². The number of likely N-dealkylation sites (N-methyl/N-ethyl adjacent to an activating group) is 1. The first-order valence-corrected chi connectivity index (χ1v) is 12.3. The summed E-state index contributed by atoms with van der Waals surface area (Å²) in [4.78, 5) is 33.3. The van der Waals surface area contributed by atoms with E-state index in [1.807, 2.05) is 6.92 Å². The molecule has 1 aromatic carbocycles. The molecular formula is C27H31F3N4O5. The van der Waals surface area contributed by atoms with Crippen molar-refractivity contribution in [3.8, 4) is 17.7 Å². The van der Waals surface area contributed by atoms with Gasteiger partial charge in [-0.15, -0.1) is 0 Å². The van der Waals surface area contributed by atoms with Gasteiger partial charge in [-0.1, -0.05) is 18.8 Å². The van der Waals surface area contributed by atoms with Crippen LogP contribution in [0, 0.1) is 17.8 Å². The van der Waals surface area contributed by atoms with Gasteiger partial charge in [-0.3, -0.25) is 4.79 Å². The first-order valence-electron chi connectivity index (χ1n) is 12.3. The molecule has 0 fully saturated rings. The number of urea groups is 1. The Morgan fingerprint density at radius 3 is 2.56 bits per heavy atom. The van der Waals surface area contributed by atoms with Crippen molar-refractivity contribution in [1.82, 2.24) is 14.8 Å². The molecule has 4 atom stereocenters. The molecule has 0 saturated carbocycles. The van der Waals surface area contributed by atoms with E-state index in [9.17, 15) is 33.0 Å². The highest BCUT2D eigenvalue weighted by molar-refractivity contribution is 5.97. The number of carbonyl (C=O) groups is 2. The zero-order valence-electron chi connectivity index (χ0n) is 22.0. The van der Waals surface area contributed by atoms with Crippen LogP contribution in [-0.4, -0.2) is 81.9 Å². The molecule has 210 valence electrons. The highest BCUT2D eigenvalue weighted by atomic mass is 19.4. The number of fused-ring (bicyclic) bond motifs is 1. The fourth-order valence-electron chi connectivity index (χ4n) is 3.89. The Labute approximate surface area is 224 Å². The quantitative estimate of drug-likeness (QED) is 0.495. The molecule has 0 radical (unpaired) electrons. The predicted octanol–water partition coefficient (Wildman–Crippen LogP) is 3.22. The van der Waals surface area contributed by atoms with Crippen molar-refractivity contribution in [2.45, 2.75) is 45.2 Å². The van der Waals surface area contributed by atoms with Crippen LogP contribution in [0.2, 0.25) is 0 Å². The van der Waals surface area contributed by atoms with Gasteiger partial charge in [0, 0.05) is 37.0 Å². The molecule has 1 aromatic heterocycles. The molecule has 9 nitrogen and oxygen atoms in total. The van der Waals surface area contributed by atoms with Crippen LogP contribution in [0.1, 0.15) is 42.3 Å². The van der Waals surface area contributed by atoms with Crippen molar-refractivity contribution in [2.24, 2.45) is 5.92 Å². The number of pyridine rings is 1. The van der Waals surface area contributed by atoms with Gasteiger partial charge in [0.1, 0.15) is 17.8 Å². The van der Waals surface area contributed by atoms with E-state index in [4.69, 9.17) is 4.74 Å². The summed E-state index contributed by atoms with van der Waals surface area (Å²) >= 11 is 0. The number of nitrogens with one attached hydrogen (secondary N) is 1. The molecule has 12 heteroatoms. The number of aliphatic hydroxyl groups excluding tert-OH is 2. The summed E-state index contributed by atoms with van der Waals surface area (Å²) in [6, 6.07) is 4.52. The first kappa shape index (κ1) is 29.7. The number of anilines is 1. The van der Waals surface area contributed by atoms with Crippen molar-refractivity contribution in [2.75, 3.05) is 32.1 Å². The number of halogens is 3. The standard InChI is InChI=1S/C27H31F3N4O5/c1-16-13-34(17(2)15-35)25(37)22-11-19(6-5-18(3)36)12-31-24(22)39-23(16)14-33(4)26(38)32-21-9-7-20(8-10-21)27(28,29)30/h7-12,16-18,23,35-36H,13-15H2,1-4H3,(H,32,38)/t16-,17-,18+,23+/m0/s1. The van der Waals surface area contributed by atoms with Gasteiger partial charge in [0.2, 0.25) is 5.88 Å². The number of carbonyl (C=O) groups excluding carboxylic acids is 2. The van der Waals surface area contributed by atoms with Gasteiger partial charge < -0.3 is 30.1 Å². The molecule has 0 spiro atoms. The molecule has 2 heterocycles. The number of alkyl halides is 3. The lowest BCUT2D eigenvalue weighted by molar-refractivity contribution is -0.137. The number of benzene rings is 1. The molecule has 1 aliphatic heterocycles. The van der Waals surface area contributed by atoms with Crippen LogP contribution in [0.3, 0.4) is 0 Å². The third kappa shape index (κ3) is 7.61. The van der Waals surface area contributed by atoms with Gasteiger partial charge in [0.25, 0.3) is 5.91 Å². The number of nitrogens with zero attached hydrogens (tertiary/aromatic N) is 3. The number of aliphatic hydroxyl groups is 2. The van der Waals surface area contributed by atoms with E-state index in [2.05, 4.69) is 22.1 Å². The molecular weight excluding hydrogens is 517 g/mol. The maximum absolute atomic E-state index is 13.4. The lowest BCUT2D eigenvalue weighted by atomic mass is 10.00. The fourth-order valence-corrected chi connectivity index (χ4v) is 3.89. The van der Waals surface area contributed by atoms with E-state index in [1.165, 1.54) is 48.2 Å². The summed E-state index contributed by atoms with van der Waals surface area (Å²) in [5, 5.41) is 21.8. The number of rotatable bonds is 5. The third-order valence-electron chi connectivity index (χ3n) is 6.21. The zero-order valence-corrected chi connectivity index (χ0v) is 22.0. The van der Waals surface area contributed by atoms with Crippen LogP contribution in [0.5, 0.6) is 5.88 Å². The number of amides is 3. The molecule has 1 aliphatic rings. The van der Waals surface area contributed by atoms with Crippen LogP contribution in [0.25, 0.3) is 0 Å². The van der Waals surface area contributed by atoms with Crippen molar-refractivity contribution in [1.29, 1.82) is 0 Å². The Kier molecular flexibility index (Phi) is 9.42. The fraction of sp³-hybridized carbons (Fsp3) is 0.444. The molecule has 0 saturated heterocycles. The largest absolute Gasteiger partial charge is 0.472 e. The van der Waals surface area contributed by atoms with Gasteiger partial charge in [0.05, 0.1) is 24.8 Å². The molecule has 3 rings (SSSR count). The van der Waals surface area contributed by atoms with Crippen molar-refractivity contribution < 1.29 is 37.7 Å². The van der Waals surface area contributed by atoms with Crippen molar-refractivity contribution >= 4 is 17.6 Å². The smallest absolute Gasteiger partial charge is 0.416 e. The number of ether oxygens (including phenoxy) is 1. The van der Waals surface area contributed by atoms with Crippen LogP contribution in [-0.2, 0) is 6.18 Å². The maximum atomic E-state index is 13.4. The second kappa shape index (κ2) is 12.4. The molecule has 0 aliphatic carbocycles. The zero-order chi connectivity index (χ0) is 28.9. The summed E-state index contributed by atoms with van der Waals surface area (Å²) in [6.07, 6.45) is -4.58. The van der Waals surface area contributed by atoms with Crippen LogP contribution >= 0.6 is 0 Å². The minimum Gasteiger partial charge on any atom is -0.472 e. The Morgan fingerprint density at radius 2 is 1.97 bits per heavy atom. The van der Waals surface area contributed by atoms with Gasteiger partial charge >= 0.3 is 12.2 Å². The topological polar surface area (TPSA) is 115 Å². The molecule has 0 bridgehead atoms. The van der Waals surface area contributed by atoms with Gasteiger partial charge in [-0.25, -0.2) is 9.78 Å². The highest BCUT2D eigenvalue weighted by Gasteiger charge is 2.35. The highest BCUT2D eigenvalue weighted by Crippen LogP contribution is 2.30. The maximum Gasteiger partial charge on any atom is 0.416 e. The number of hydrogen-bond donors (Lipinski definition) is 3.